The number of nitro groups is 1. The molecule has 0 radical (unpaired) electrons. The summed E-state index contributed by atoms with van der Waals surface area (Å²) in [5, 5.41) is 12.2. The number of fused-ring (bicyclic) bond motifs is 1. The van der Waals surface area contributed by atoms with Gasteiger partial charge in [-0.1, -0.05) is 42.5 Å². The SMILES string of the molecule is O=C(C[C@H](c1ccc(C(F)(F)F)cc1)c1cn(Cc2ccccc2)c2ccc([N+](=O)[O-])cc12)N1CCCC1. The van der Waals surface area contributed by atoms with Crippen LogP contribution in [-0.2, 0) is 17.5 Å². The van der Waals surface area contributed by atoms with E-state index in [2.05, 4.69) is 0 Å². The van der Waals surface area contributed by atoms with E-state index in [9.17, 15) is 28.1 Å². The minimum absolute atomic E-state index is 0.0541. The Balaban J connectivity index is 1.64. The number of nitro benzene ring substituents is 1. The molecule has 1 atom stereocenters. The Kier molecular flexibility index (Phi) is 6.93. The first-order valence-corrected chi connectivity index (χ1v) is 12.5. The van der Waals surface area contributed by atoms with Crippen molar-refractivity contribution in [1.82, 2.24) is 9.47 Å². The van der Waals surface area contributed by atoms with Crippen LogP contribution < -0.4 is 0 Å². The largest absolute Gasteiger partial charge is 0.416 e. The van der Waals surface area contributed by atoms with Crippen LogP contribution in [-0.4, -0.2) is 33.4 Å². The van der Waals surface area contributed by atoms with E-state index < -0.39 is 22.6 Å². The van der Waals surface area contributed by atoms with E-state index in [1.54, 1.807) is 11.0 Å². The maximum atomic E-state index is 13.3. The van der Waals surface area contributed by atoms with Crippen molar-refractivity contribution in [1.29, 1.82) is 0 Å². The second-order valence-corrected chi connectivity index (χ2v) is 9.62. The Morgan fingerprint density at radius 2 is 1.66 bits per heavy atom. The standard InChI is InChI=1S/C29H26F3N3O3/c30-29(31,32)22-10-8-21(9-11-22)24(17-28(36)33-14-4-5-15-33)26-19-34(18-20-6-2-1-3-7-20)27-13-12-23(35(37)38)16-25(26)27/h1-3,6-13,16,19,24H,4-5,14-15,17-18H2/t24-/m1/s1. The van der Waals surface area contributed by atoms with Crippen molar-refractivity contribution in [3.05, 3.63) is 111 Å². The van der Waals surface area contributed by atoms with Crippen molar-refractivity contribution in [3.63, 3.8) is 0 Å². The Bertz CT molecular complexity index is 1460. The number of carbonyl (C=O) groups is 1. The maximum absolute atomic E-state index is 13.3. The second-order valence-electron chi connectivity index (χ2n) is 9.62. The van der Waals surface area contributed by atoms with E-state index in [4.69, 9.17) is 0 Å². The molecule has 1 aromatic heterocycles. The molecule has 0 unspecified atom stereocenters. The number of carbonyl (C=O) groups excluding carboxylic acids is 1. The molecule has 6 nitrogen and oxygen atoms in total. The molecule has 0 spiro atoms. The first kappa shape index (κ1) is 25.5. The van der Waals surface area contributed by atoms with Gasteiger partial charge < -0.3 is 9.47 Å². The summed E-state index contributed by atoms with van der Waals surface area (Å²) in [5.41, 5.74) is 2.14. The summed E-state index contributed by atoms with van der Waals surface area (Å²) >= 11 is 0. The average molecular weight is 522 g/mol. The van der Waals surface area contributed by atoms with Gasteiger partial charge in [-0.15, -0.1) is 0 Å². The summed E-state index contributed by atoms with van der Waals surface area (Å²) in [4.78, 5) is 26.2. The van der Waals surface area contributed by atoms with Crippen LogP contribution in [0, 0.1) is 10.1 Å². The van der Waals surface area contributed by atoms with Gasteiger partial charge in [0, 0.05) is 61.2 Å². The fourth-order valence-corrected chi connectivity index (χ4v) is 5.20. The van der Waals surface area contributed by atoms with E-state index in [-0.39, 0.29) is 18.0 Å². The van der Waals surface area contributed by atoms with Crippen LogP contribution in [0.3, 0.4) is 0 Å². The van der Waals surface area contributed by atoms with Crippen LogP contribution >= 0.6 is 0 Å². The van der Waals surface area contributed by atoms with Crippen LogP contribution in [0.1, 0.15) is 47.4 Å². The summed E-state index contributed by atoms with van der Waals surface area (Å²) in [6.45, 7) is 1.80. The highest BCUT2D eigenvalue weighted by Crippen LogP contribution is 2.38. The van der Waals surface area contributed by atoms with Crippen LogP contribution in [0.4, 0.5) is 18.9 Å². The van der Waals surface area contributed by atoms with Gasteiger partial charge in [0.2, 0.25) is 5.91 Å². The predicted octanol–water partition coefficient (Wildman–Crippen LogP) is 6.76. The minimum atomic E-state index is -4.48. The number of amides is 1. The molecule has 0 saturated carbocycles. The zero-order valence-corrected chi connectivity index (χ0v) is 20.5. The minimum Gasteiger partial charge on any atom is -0.343 e. The van der Waals surface area contributed by atoms with Crippen molar-refractivity contribution < 1.29 is 22.9 Å². The molecular weight excluding hydrogens is 495 g/mol. The van der Waals surface area contributed by atoms with Crippen molar-refractivity contribution in [2.24, 2.45) is 0 Å². The number of hydrogen-bond donors (Lipinski definition) is 0. The molecule has 38 heavy (non-hydrogen) atoms. The zero-order chi connectivity index (χ0) is 26.9. The number of nitrogens with zero attached hydrogens (tertiary/aromatic N) is 3. The molecule has 5 rings (SSSR count). The monoisotopic (exact) mass is 521 g/mol. The molecule has 1 amide bonds. The van der Waals surface area contributed by atoms with Crippen LogP contribution in [0.5, 0.6) is 0 Å². The number of aromatic nitrogens is 1. The molecule has 1 aliphatic rings. The lowest BCUT2D eigenvalue weighted by molar-refractivity contribution is -0.384. The van der Waals surface area contributed by atoms with Gasteiger partial charge in [-0.25, -0.2) is 0 Å². The van der Waals surface area contributed by atoms with Gasteiger partial charge in [0.1, 0.15) is 0 Å². The van der Waals surface area contributed by atoms with E-state index >= 15 is 0 Å². The van der Waals surface area contributed by atoms with Crippen molar-refractivity contribution in [2.75, 3.05) is 13.1 Å². The summed E-state index contributed by atoms with van der Waals surface area (Å²) in [6.07, 6.45) is -0.719. The Hall–Kier alpha value is -4.14. The molecule has 1 aliphatic heterocycles. The molecular formula is C29H26F3N3O3. The molecule has 1 saturated heterocycles. The molecule has 9 heteroatoms. The topological polar surface area (TPSA) is 68.4 Å². The third-order valence-corrected chi connectivity index (χ3v) is 7.16. The zero-order valence-electron chi connectivity index (χ0n) is 20.5. The molecule has 0 aliphatic carbocycles. The number of non-ortho nitro benzene ring substituents is 1. The molecule has 2 heterocycles. The summed E-state index contributed by atoms with van der Waals surface area (Å²) in [7, 11) is 0. The van der Waals surface area contributed by atoms with Gasteiger partial charge in [0.05, 0.1) is 10.5 Å². The van der Waals surface area contributed by atoms with Crippen molar-refractivity contribution >= 4 is 22.5 Å². The molecule has 0 N–H and O–H groups in total. The molecule has 3 aromatic carbocycles. The number of benzene rings is 3. The van der Waals surface area contributed by atoms with Gasteiger partial charge in [-0.2, -0.15) is 13.2 Å². The molecule has 0 bridgehead atoms. The quantitative estimate of drug-likeness (QED) is 0.199. The average Bonchev–Trinajstić information content (AvgIpc) is 3.56. The highest BCUT2D eigenvalue weighted by Gasteiger charge is 2.32. The Morgan fingerprint density at radius 3 is 2.29 bits per heavy atom. The molecule has 4 aromatic rings. The Morgan fingerprint density at radius 1 is 0.974 bits per heavy atom. The lowest BCUT2D eigenvalue weighted by Gasteiger charge is -2.22. The fraction of sp³-hybridized carbons (Fsp3) is 0.276. The van der Waals surface area contributed by atoms with E-state index in [1.165, 1.54) is 24.3 Å². The number of hydrogen-bond acceptors (Lipinski definition) is 3. The van der Waals surface area contributed by atoms with Gasteiger partial charge in [-0.05, 0) is 47.7 Å². The van der Waals surface area contributed by atoms with Crippen molar-refractivity contribution in [3.8, 4) is 0 Å². The normalized spacial score (nSPS) is 14.7. The summed E-state index contributed by atoms with van der Waals surface area (Å²) in [6, 6.07) is 19.2. The lowest BCUT2D eigenvalue weighted by Crippen LogP contribution is -2.29. The third kappa shape index (κ3) is 5.27. The van der Waals surface area contributed by atoms with E-state index in [0.29, 0.717) is 36.1 Å². The third-order valence-electron chi connectivity index (χ3n) is 7.16. The molecule has 196 valence electrons. The predicted molar refractivity (Wildman–Crippen MR) is 138 cm³/mol. The summed E-state index contributed by atoms with van der Waals surface area (Å²) < 4.78 is 41.8. The lowest BCUT2D eigenvalue weighted by atomic mass is 9.87. The van der Waals surface area contributed by atoms with Crippen LogP contribution in [0.25, 0.3) is 10.9 Å². The van der Waals surface area contributed by atoms with Crippen molar-refractivity contribution in [2.45, 2.75) is 37.9 Å². The van der Waals surface area contributed by atoms with E-state index in [1.807, 2.05) is 41.1 Å². The summed E-state index contributed by atoms with van der Waals surface area (Å²) in [5.74, 6) is -0.659. The van der Waals surface area contributed by atoms with Crippen LogP contribution in [0.15, 0.2) is 79.0 Å². The number of alkyl halides is 3. The van der Waals surface area contributed by atoms with E-state index in [0.717, 1.165) is 36.1 Å². The maximum Gasteiger partial charge on any atom is 0.416 e. The van der Waals surface area contributed by atoms with Gasteiger partial charge in [-0.3, -0.25) is 14.9 Å². The van der Waals surface area contributed by atoms with Gasteiger partial charge in [0.25, 0.3) is 5.69 Å². The number of rotatable bonds is 7. The first-order chi connectivity index (χ1) is 18.2. The Labute approximate surface area is 217 Å². The van der Waals surface area contributed by atoms with Gasteiger partial charge in [0.15, 0.2) is 0 Å². The molecule has 1 fully saturated rings. The van der Waals surface area contributed by atoms with Crippen LogP contribution in [0.2, 0.25) is 0 Å². The smallest absolute Gasteiger partial charge is 0.343 e. The second kappa shape index (κ2) is 10.3. The highest BCUT2D eigenvalue weighted by molar-refractivity contribution is 5.88. The fourth-order valence-electron chi connectivity index (χ4n) is 5.20. The van der Waals surface area contributed by atoms with Gasteiger partial charge >= 0.3 is 6.18 Å². The number of likely N-dealkylation sites (tertiary alicyclic amines) is 1. The highest BCUT2D eigenvalue weighted by atomic mass is 19.4. The number of halogens is 3. The first-order valence-electron chi connectivity index (χ1n) is 12.5.